The number of ether oxygens (including phenoxy) is 1. The van der Waals surface area contributed by atoms with Gasteiger partial charge in [-0.1, -0.05) is 13.0 Å². The fourth-order valence-electron chi connectivity index (χ4n) is 1.97. The highest BCUT2D eigenvalue weighted by atomic mass is 16.5. The Balaban J connectivity index is 2.61. The summed E-state index contributed by atoms with van der Waals surface area (Å²) in [6, 6.07) is -0.0957. The first-order valence-corrected chi connectivity index (χ1v) is 5.10. The Labute approximate surface area is 89.7 Å². The van der Waals surface area contributed by atoms with Crippen molar-refractivity contribution in [3.8, 4) is 0 Å². The number of carbonyl (C=O) groups excluding carboxylic acids is 2. The summed E-state index contributed by atoms with van der Waals surface area (Å²) >= 11 is 0. The Morgan fingerprint density at radius 1 is 1.40 bits per heavy atom. The molecule has 1 fully saturated rings. The van der Waals surface area contributed by atoms with Crippen LogP contribution in [-0.4, -0.2) is 25.0 Å². The number of alkyl carbamates (subject to hydrolysis) is 1. The van der Waals surface area contributed by atoms with E-state index in [0.29, 0.717) is 5.57 Å². The first kappa shape index (κ1) is 11.8. The molecule has 0 heterocycles. The summed E-state index contributed by atoms with van der Waals surface area (Å²) in [6.45, 7) is 5.34. The standard InChI is InChI=1S/C11H17NO3/c1-7(2)10(13)8-5-4-6-9(8)12-11(14)15-3/h8-9H,1,4-6H2,2-3H3,(H,12,14). The maximum absolute atomic E-state index is 11.7. The molecule has 0 bridgehead atoms. The van der Waals surface area contributed by atoms with Crippen LogP contribution in [0.3, 0.4) is 0 Å². The highest BCUT2D eigenvalue weighted by Gasteiger charge is 2.34. The number of rotatable bonds is 3. The summed E-state index contributed by atoms with van der Waals surface area (Å²) in [5, 5.41) is 2.69. The molecule has 1 aliphatic carbocycles. The van der Waals surface area contributed by atoms with Crippen molar-refractivity contribution >= 4 is 11.9 Å². The maximum atomic E-state index is 11.7. The maximum Gasteiger partial charge on any atom is 0.407 e. The average Bonchev–Trinajstić information content (AvgIpc) is 2.64. The molecule has 0 spiro atoms. The van der Waals surface area contributed by atoms with Gasteiger partial charge in [0.25, 0.3) is 0 Å². The number of carbonyl (C=O) groups is 2. The topological polar surface area (TPSA) is 55.4 Å². The van der Waals surface area contributed by atoms with Crippen LogP contribution >= 0.6 is 0 Å². The molecule has 1 rings (SSSR count). The molecular weight excluding hydrogens is 194 g/mol. The molecular formula is C11H17NO3. The minimum absolute atomic E-state index is 0.0499. The van der Waals surface area contributed by atoms with Crippen LogP contribution < -0.4 is 5.32 Å². The van der Waals surface area contributed by atoms with Crippen LogP contribution in [0.15, 0.2) is 12.2 Å². The Morgan fingerprint density at radius 3 is 2.60 bits per heavy atom. The van der Waals surface area contributed by atoms with E-state index >= 15 is 0 Å². The Morgan fingerprint density at radius 2 is 2.07 bits per heavy atom. The SMILES string of the molecule is C=C(C)C(=O)C1CCCC1NC(=O)OC. The van der Waals surface area contributed by atoms with E-state index in [4.69, 9.17) is 0 Å². The molecule has 0 aliphatic heterocycles. The number of Topliss-reactive ketones (excluding diaryl/α,β-unsaturated/α-hetero) is 1. The van der Waals surface area contributed by atoms with Crippen molar-refractivity contribution in [3.05, 3.63) is 12.2 Å². The van der Waals surface area contributed by atoms with Crippen LogP contribution in [-0.2, 0) is 9.53 Å². The Bertz CT molecular complexity index is 286. The average molecular weight is 211 g/mol. The van der Waals surface area contributed by atoms with Gasteiger partial charge in [0, 0.05) is 12.0 Å². The molecule has 1 N–H and O–H groups in total. The third-order valence-corrected chi connectivity index (χ3v) is 2.76. The Hall–Kier alpha value is -1.32. The normalized spacial score (nSPS) is 24.7. The molecule has 0 aromatic heterocycles. The minimum atomic E-state index is -0.471. The molecule has 4 nitrogen and oxygen atoms in total. The minimum Gasteiger partial charge on any atom is -0.453 e. The van der Waals surface area contributed by atoms with E-state index in [1.54, 1.807) is 6.92 Å². The van der Waals surface area contributed by atoms with E-state index in [9.17, 15) is 9.59 Å². The van der Waals surface area contributed by atoms with Gasteiger partial charge in [-0.05, 0) is 25.3 Å². The molecule has 1 amide bonds. The number of methoxy groups -OCH3 is 1. The van der Waals surface area contributed by atoms with E-state index in [1.807, 2.05) is 0 Å². The molecule has 15 heavy (non-hydrogen) atoms. The lowest BCUT2D eigenvalue weighted by molar-refractivity contribution is -0.119. The third kappa shape index (κ3) is 2.81. The van der Waals surface area contributed by atoms with Gasteiger partial charge in [0.15, 0.2) is 5.78 Å². The second-order valence-corrected chi connectivity index (χ2v) is 3.92. The van der Waals surface area contributed by atoms with Gasteiger partial charge >= 0.3 is 6.09 Å². The summed E-state index contributed by atoms with van der Waals surface area (Å²) < 4.78 is 4.52. The van der Waals surface area contributed by atoms with E-state index in [1.165, 1.54) is 7.11 Å². The predicted octanol–water partition coefficient (Wildman–Crippen LogP) is 1.66. The summed E-state index contributed by atoms with van der Waals surface area (Å²) in [7, 11) is 1.32. The van der Waals surface area contributed by atoms with Crippen LogP contribution in [0.2, 0.25) is 0 Å². The molecule has 0 aromatic carbocycles. The van der Waals surface area contributed by atoms with Gasteiger partial charge in [-0.2, -0.15) is 0 Å². The highest BCUT2D eigenvalue weighted by molar-refractivity contribution is 5.96. The van der Waals surface area contributed by atoms with Crippen molar-refractivity contribution in [2.24, 2.45) is 5.92 Å². The second kappa shape index (κ2) is 4.96. The van der Waals surface area contributed by atoms with Crippen molar-refractivity contribution in [1.82, 2.24) is 5.32 Å². The third-order valence-electron chi connectivity index (χ3n) is 2.76. The predicted molar refractivity (Wildman–Crippen MR) is 56.5 cm³/mol. The summed E-state index contributed by atoms with van der Waals surface area (Å²) in [5.74, 6) is -0.0736. The van der Waals surface area contributed by atoms with Crippen molar-refractivity contribution in [1.29, 1.82) is 0 Å². The fraction of sp³-hybridized carbons (Fsp3) is 0.636. The zero-order valence-electron chi connectivity index (χ0n) is 9.21. The molecule has 2 atom stereocenters. The number of amides is 1. The van der Waals surface area contributed by atoms with Crippen LogP contribution in [0.25, 0.3) is 0 Å². The van der Waals surface area contributed by atoms with Crippen LogP contribution in [0.5, 0.6) is 0 Å². The zero-order valence-corrected chi connectivity index (χ0v) is 9.21. The van der Waals surface area contributed by atoms with Gasteiger partial charge < -0.3 is 10.1 Å². The van der Waals surface area contributed by atoms with Gasteiger partial charge in [-0.25, -0.2) is 4.79 Å². The molecule has 84 valence electrons. The Kier molecular flexibility index (Phi) is 3.88. The number of nitrogens with one attached hydrogen (secondary N) is 1. The lowest BCUT2D eigenvalue weighted by Crippen LogP contribution is -2.40. The number of hydrogen-bond acceptors (Lipinski definition) is 3. The van der Waals surface area contributed by atoms with E-state index in [2.05, 4.69) is 16.6 Å². The van der Waals surface area contributed by atoms with Crippen LogP contribution in [0.4, 0.5) is 4.79 Å². The van der Waals surface area contributed by atoms with Crippen LogP contribution in [0, 0.1) is 5.92 Å². The second-order valence-electron chi connectivity index (χ2n) is 3.92. The zero-order chi connectivity index (χ0) is 11.4. The monoisotopic (exact) mass is 211 g/mol. The number of ketones is 1. The van der Waals surface area contributed by atoms with Gasteiger partial charge in [0.05, 0.1) is 7.11 Å². The van der Waals surface area contributed by atoms with E-state index in [0.717, 1.165) is 19.3 Å². The van der Waals surface area contributed by atoms with Gasteiger partial charge in [-0.3, -0.25) is 4.79 Å². The molecule has 0 radical (unpaired) electrons. The first-order valence-electron chi connectivity index (χ1n) is 5.10. The van der Waals surface area contributed by atoms with Gasteiger partial charge in [-0.15, -0.1) is 0 Å². The molecule has 2 unspecified atom stereocenters. The van der Waals surface area contributed by atoms with E-state index < -0.39 is 6.09 Å². The first-order chi connectivity index (χ1) is 7.06. The molecule has 1 aliphatic rings. The number of hydrogen-bond donors (Lipinski definition) is 1. The quantitative estimate of drug-likeness (QED) is 0.722. The molecule has 4 heteroatoms. The molecule has 1 saturated carbocycles. The largest absolute Gasteiger partial charge is 0.453 e. The summed E-state index contributed by atoms with van der Waals surface area (Å²) in [6.07, 6.45) is 2.14. The lowest BCUT2D eigenvalue weighted by atomic mass is 9.94. The van der Waals surface area contributed by atoms with E-state index in [-0.39, 0.29) is 17.7 Å². The molecule has 0 saturated heterocycles. The van der Waals surface area contributed by atoms with Crippen molar-refractivity contribution in [2.75, 3.05) is 7.11 Å². The van der Waals surface area contributed by atoms with Crippen LogP contribution in [0.1, 0.15) is 26.2 Å². The number of allylic oxidation sites excluding steroid dienone is 1. The van der Waals surface area contributed by atoms with Gasteiger partial charge in [0.1, 0.15) is 0 Å². The summed E-state index contributed by atoms with van der Waals surface area (Å²) in [4.78, 5) is 22.8. The van der Waals surface area contributed by atoms with Crippen molar-refractivity contribution in [3.63, 3.8) is 0 Å². The fourth-order valence-corrected chi connectivity index (χ4v) is 1.97. The van der Waals surface area contributed by atoms with Gasteiger partial charge in [0.2, 0.25) is 0 Å². The smallest absolute Gasteiger partial charge is 0.407 e. The van der Waals surface area contributed by atoms with Crippen molar-refractivity contribution in [2.45, 2.75) is 32.2 Å². The lowest BCUT2D eigenvalue weighted by Gasteiger charge is -2.19. The summed E-state index contributed by atoms with van der Waals surface area (Å²) in [5.41, 5.74) is 0.554. The highest BCUT2D eigenvalue weighted by Crippen LogP contribution is 2.28. The van der Waals surface area contributed by atoms with Crippen molar-refractivity contribution < 1.29 is 14.3 Å². The molecule has 0 aromatic rings.